The first kappa shape index (κ1) is 11.2. The number of unbranched alkanes of at least 4 members (excludes halogenated alkanes) is 2. The van der Waals surface area contributed by atoms with Crippen molar-refractivity contribution in [2.24, 2.45) is 5.92 Å². The van der Waals surface area contributed by atoms with E-state index in [1.165, 1.54) is 12.8 Å². The minimum atomic E-state index is 0.337. The van der Waals surface area contributed by atoms with Crippen molar-refractivity contribution in [1.82, 2.24) is 0 Å². The van der Waals surface area contributed by atoms with Crippen LogP contribution in [-0.2, 0) is 0 Å². The van der Waals surface area contributed by atoms with Gasteiger partial charge in [-0.15, -0.1) is 11.6 Å². The van der Waals surface area contributed by atoms with Gasteiger partial charge < -0.3 is 5.11 Å². The summed E-state index contributed by atoms with van der Waals surface area (Å²) >= 11 is 5.60. The molecule has 0 spiro atoms. The lowest BCUT2D eigenvalue weighted by molar-refractivity contribution is 0.280. The lowest BCUT2D eigenvalue weighted by atomic mass is 10.0. The normalized spacial score (nSPS) is 13.4. The zero-order valence-electron chi connectivity index (χ0n) is 7.35. The van der Waals surface area contributed by atoms with Crippen molar-refractivity contribution in [1.29, 1.82) is 0 Å². The van der Waals surface area contributed by atoms with Crippen LogP contribution in [0.3, 0.4) is 0 Å². The number of aliphatic hydroxyl groups is 1. The lowest BCUT2D eigenvalue weighted by Gasteiger charge is -2.07. The van der Waals surface area contributed by atoms with E-state index in [-0.39, 0.29) is 0 Å². The Balaban J connectivity index is 2.97. The van der Waals surface area contributed by atoms with Crippen LogP contribution in [0.4, 0.5) is 0 Å². The van der Waals surface area contributed by atoms with E-state index in [0.717, 1.165) is 31.1 Å². The molecular formula is C9H19ClO. The van der Waals surface area contributed by atoms with Crippen LogP contribution in [0.2, 0.25) is 0 Å². The predicted octanol–water partition coefficient (Wildman–Crippen LogP) is 2.80. The fraction of sp³-hybridized carbons (Fsp3) is 1.00. The highest BCUT2D eigenvalue weighted by molar-refractivity contribution is 6.17. The highest BCUT2D eigenvalue weighted by Gasteiger charge is 1.99. The summed E-state index contributed by atoms with van der Waals surface area (Å²) in [5.41, 5.74) is 0. The fourth-order valence-electron chi connectivity index (χ4n) is 1.11. The van der Waals surface area contributed by atoms with E-state index in [1.807, 2.05) is 0 Å². The van der Waals surface area contributed by atoms with E-state index in [4.69, 9.17) is 16.7 Å². The molecule has 0 saturated heterocycles. The van der Waals surface area contributed by atoms with Crippen molar-refractivity contribution in [3.8, 4) is 0 Å². The topological polar surface area (TPSA) is 20.2 Å². The van der Waals surface area contributed by atoms with Gasteiger partial charge in [0.15, 0.2) is 0 Å². The summed E-state index contributed by atoms with van der Waals surface area (Å²) in [6.07, 6.45) is 5.72. The lowest BCUT2D eigenvalue weighted by Crippen LogP contribution is -1.95. The molecule has 0 heterocycles. The van der Waals surface area contributed by atoms with Gasteiger partial charge in [0.2, 0.25) is 0 Å². The molecule has 0 fully saturated rings. The smallest absolute Gasteiger partial charge is 0.0431 e. The van der Waals surface area contributed by atoms with Gasteiger partial charge in [0.25, 0.3) is 0 Å². The molecule has 1 N–H and O–H groups in total. The second-order valence-corrected chi connectivity index (χ2v) is 3.53. The third-order valence-electron chi connectivity index (χ3n) is 1.96. The Kier molecular flexibility index (Phi) is 8.54. The highest BCUT2D eigenvalue weighted by Crippen LogP contribution is 2.13. The summed E-state index contributed by atoms with van der Waals surface area (Å²) in [5.74, 6) is 1.53. The molecule has 1 atom stereocenters. The number of halogens is 1. The molecule has 0 aromatic heterocycles. The second kappa shape index (κ2) is 8.35. The van der Waals surface area contributed by atoms with Crippen molar-refractivity contribution < 1.29 is 5.11 Å². The molecule has 0 aliphatic carbocycles. The molecule has 0 aromatic carbocycles. The van der Waals surface area contributed by atoms with Crippen molar-refractivity contribution in [2.45, 2.75) is 39.0 Å². The van der Waals surface area contributed by atoms with Gasteiger partial charge in [-0.1, -0.05) is 26.2 Å². The Morgan fingerprint density at radius 1 is 1.18 bits per heavy atom. The maximum absolute atomic E-state index is 8.51. The monoisotopic (exact) mass is 178 g/mol. The SMILES string of the molecule is C[C@@H](CCCl)CCCCCO. The summed E-state index contributed by atoms with van der Waals surface area (Å²) in [6.45, 7) is 2.57. The molecule has 0 saturated carbocycles. The summed E-state index contributed by atoms with van der Waals surface area (Å²) < 4.78 is 0. The molecular weight excluding hydrogens is 160 g/mol. The molecule has 68 valence electrons. The van der Waals surface area contributed by atoms with Gasteiger partial charge in [-0.2, -0.15) is 0 Å². The highest BCUT2D eigenvalue weighted by atomic mass is 35.5. The summed E-state index contributed by atoms with van der Waals surface area (Å²) in [7, 11) is 0. The zero-order chi connectivity index (χ0) is 8.53. The Labute approximate surface area is 74.8 Å². The van der Waals surface area contributed by atoms with Gasteiger partial charge >= 0.3 is 0 Å². The first-order valence-corrected chi connectivity index (χ1v) is 5.01. The minimum absolute atomic E-state index is 0.337. The molecule has 2 heteroatoms. The van der Waals surface area contributed by atoms with Gasteiger partial charge in [-0.05, 0) is 18.8 Å². The molecule has 0 aromatic rings. The van der Waals surface area contributed by atoms with Gasteiger partial charge in [0.1, 0.15) is 0 Å². The molecule has 0 rings (SSSR count). The first-order valence-electron chi connectivity index (χ1n) is 4.48. The van der Waals surface area contributed by atoms with Crippen LogP contribution in [-0.4, -0.2) is 17.6 Å². The van der Waals surface area contributed by atoms with Gasteiger partial charge in [-0.3, -0.25) is 0 Å². The van der Waals surface area contributed by atoms with E-state index < -0.39 is 0 Å². The van der Waals surface area contributed by atoms with Crippen LogP contribution in [0.5, 0.6) is 0 Å². The molecule has 1 nitrogen and oxygen atoms in total. The summed E-state index contributed by atoms with van der Waals surface area (Å²) in [4.78, 5) is 0. The molecule has 0 aliphatic heterocycles. The maximum Gasteiger partial charge on any atom is 0.0431 e. The van der Waals surface area contributed by atoms with Crippen molar-refractivity contribution in [2.75, 3.05) is 12.5 Å². The number of aliphatic hydroxyl groups excluding tert-OH is 1. The minimum Gasteiger partial charge on any atom is -0.396 e. The predicted molar refractivity (Wildman–Crippen MR) is 50.1 cm³/mol. The van der Waals surface area contributed by atoms with Crippen molar-refractivity contribution >= 4 is 11.6 Å². The van der Waals surface area contributed by atoms with E-state index in [1.54, 1.807) is 0 Å². The summed E-state index contributed by atoms with van der Waals surface area (Å²) in [5, 5.41) is 8.51. The Bertz CT molecular complexity index is 76.0. The van der Waals surface area contributed by atoms with Crippen LogP contribution < -0.4 is 0 Å². The average Bonchev–Trinajstić information content (AvgIpc) is 1.99. The van der Waals surface area contributed by atoms with Gasteiger partial charge in [0, 0.05) is 12.5 Å². The van der Waals surface area contributed by atoms with E-state index in [2.05, 4.69) is 6.92 Å². The summed E-state index contributed by atoms with van der Waals surface area (Å²) in [6, 6.07) is 0. The Morgan fingerprint density at radius 2 is 1.91 bits per heavy atom. The van der Waals surface area contributed by atoms with Crippen LogP contribution in [0.25, 0.3) is 0 Å². The van der Waals surface area contributed by atoms with Crippen LogP contribution in [0, 0.1) is 5.92 Å². The third-order valence-corrected chi connectivity index (χ3v) is 2.18. The molecule has 0 unspecified atom stereocenters. The first-order chi connectivity index (χ1) is 5.31. The zero-order valence-corrected chi connectivity index (χ0v) is 8.11. The van der Waals surface area contributed by atoms with E-state index in [9.17, 15) is 0 Å². The maximum atomic E-state index is 8.51. The molecule has 0 aliphatic rings. The fourth-order valence-corrected chi connectivity index (χ4v) is 1.48. The number of hydrogen-bond acceptors (Lipinski definition) is 1. The molecule has 0 bridgehead atoms. The van der Waals surface area contributed by atoms with E-state index in [0.29, 0.717) is 6.61 Å². The number of alkyl halides is 1. The Morgan fingerprint density at radius 3 is 2.45 bits per heavy atom. The van der Waals surface area contributed by atoms with Crippen molar-refractivity contribution in [3.63, 3.8) is 0 Å². The van der Waals surface area contributed by atoms with E-state index >= 15 is 0 Å². The van der Waals surface area contributed by atoms with Crippen LogP contribution >= 0.6 is 11.6 Å². The quantitative estimate of drug-likeness (QED) is 0.470. The molecule has 11 heavy (non-hydrogen) atoms. The van der Waals surface area contributed by atoms with Crippen LogP contribution in [0.1, 0.15) is 39.0 Å². The van der Waals surface area contributed by atoms with Gasteiger partial charge in [-0.25, -0.2) is 0 Å². The number of hydrogen-bond donors (Lipinski definition) is 1. The largest absolute Gasteiger partial charge is 0.396 e. The molecule has 0 amide bonds. The third kappa shape index (κ3) is 8.15. The Hall–Kier alpha value is 0.250. The van der Waals surface area contributed by atoms with Gasteiger partial charge in [0.05, 0.1) is 0 Å². The van der Waals surface area contributed by atoms with Crippen molar-refractivity contribution in [3.05, 3.63) is 0 Å². The second-order valence-electron chi connectivity index (χ2n) is 3.16. The molecule has 0 radical (unpaired) electrons. The van der Waals surface area contributed by atoms with Crippen LogP contribution in [0.15, 0.2) is 0 Å². The standard InChI is InChI=1S/C9H19ClO/c1-9(6-7-10)5-3-2-4-8-11/h9,11H,2-8H2,1H3/t9-/m1/s1. The number of rotatable bonds is 7. The average molecular weight is 179 g/mol.